The van der Waals surface area contributed by atoms with Gasteiger partial charge in [0.05, 0.1) is 5.69 Å². The maximum absolute atomic E-state index is 12.8. The lowest BCUT2D eigenvalue weighted by Crippen LogP contribution is -2.14. The van der Waals surface area contributed by atoms with Crippen molar-refractivity contribution in [1.29, 1.82) is 0 Å². The average molecular weight is 318 g/mol. The molecule has 0 fully saturated rings. The van der Waals surface area contributed by atoms with E-state index in [1.54, 1.807) is 0 Å². The molecule has 0 saturated heterocycles. The van der Waals surface area contributed by atoms with Crippen LogP contribution in [0.4, 0.5) is 13.2 Å². The number of aromatic hydroxyl groups is 1. The number of alkyl halides is 3. The van der Waals surface area contributed by atoms with Crippen molar-refractivity contribution in [2.24, 2.45) is 0 Å². The molecule has 2 rings (SSSR count). The van der Waals surface area contributed by atoms with Crippen LogP contribution in [0, 0.1) is 0 Å². The zero-order valence-corrected chi connectivity index (χ0v) is 11.4. The Bertz CT molecular complexity index is 789. The van der Waals surface area contributed by atoms with E-state index in [0.29, 0.717) is 12.3 Å². The first-order valence-electron chi connectivity index (χ1n) is 5.53. The standard InChI is InChI=1S/C12H9F3N2O3S/c1-21(19,20)11-16-9(6-10(17-11)12(13,14)15)7-3-2-4-8(18)5-7/h2-6,18H,1H3. The summed E-state index contributed by atoms with van der Waals surface area (Å²) in [5, 5.41) is 8.43. The normalized spacial score (nSPS) is 12.4. The number of rotatable bonds is 2. The van der Waals surface area contributed by atoms with E-state index >= 15 is 0 Å². The number of nitrogens with zero attached hydrogens (tertiary/aromatic N) is 2. The van der Waals surface area contributed by atoms with E-state index in [0.717, 1.165) is 0 Å². The van der Waals surface area contributed by atoms with Crippen LogP contribution >= 0.6 is 0 Å². The lowest BCUT2D eigenvalue weighted by Gasteiger charge is -2.10. The second-order valence-electron chi connectivity index (χ2n) is 4.24. The van der Waals surface area contributed by atoms with Crippen LogP contribution < -0.4 is 0 Å². The summed E-state index contributed by atoms with van der Waals surface area (Å²) in [7, 11) is -4.01. The quantitative estimate of drug-likeness (QED) is 0.859. The Morgan fingerprint density at radius 3 is 2.33 bits per heavy atom. The molecule has 5 nitrogen and oxygen atoms in total. The third-order valence-corrected chi connectivity index (χ3v) is 3.32. The van der Waals surface area contributed by atoms with Crippen LogP contribution in [0.5, 0.6) is 5.75 Å². The molecule has 9 heteroatoms. The van der Waals surface area contributed by atoms with Gasteiger partial charge < -0.3 is 5.11 Å². The van der Waals surface area contributed by atoms with Gasteiger partial charge in [-0.3, -0.25) is 0 Å². The van der Waals surface area contributed by atoms with Crippen LogP contribution in [0.2, 0.25) is 0 Å². The number of phenolic OH excluding ortho intramolecular Hbond substituents is 1. The van der Waals surface area contributed by atoms with Gasteiger partial charge in [-0.05, 0) is 18.2 Å². The van der Waals surface area contributed by atoms with Gasteiger partial charge in [0, 0.05) is 11.8 Å². The first-order valence-corrected chi connectivity index (χ1v) is 7.42. The molecule has 0 saturated carbocycles. The minimum atomic E-state index is -4.81. The van der Waals surface area contributed by atoms with Crippen molar-refractivity contribution >= 4 is 9.84 Å². The molecule has 0 atom stereocenters. The predicted molar refractivity (Wildman–Crippen MR) is 67.2 cm³/mol. The Morgan fingerprint density at radius 2 is 1.81 bits per heavy atom. The molecule has 0 aliphatic rings. The van der Waals surface area contributed by atoms with Crippen molar-refractivity contribution in [3.63, 3.8) is 0 Å². The fraction of sp³-hybridized carbons (Fsp3) is 0.167. The summed E-state index contributed by atoms with van der Waals surface area (Å²) in [5.41, 5.74) is -1.46. The van der Waals surface area contributed by atoms with Crippen molar-refractivity contribution in [2.45, 2.75) is 11.3 Å². The smallest absolute Gasteiger partial charge is 0.433 e. The predicted octanol–water partition coefficient (Wildman–Crippen LogP) is 2.27. The first kappa shape index (κ1) is 15.2. The van der Waals surface area contributed by atoms with Crippen LogP contribution in [-0.4, -0.2) is 29.7 Å². The summed E-state index contributed by atoms with van der Waals surface area (Å²) in [6, 6.07) is 5.93. The second-order valence-corrected chi connectivity index (χ2v) is 6.15. The molecule has 0 radical (unpaired) electrons. The number of hydrogen-bond donors (Lipinski definition) is 1. The van der Waals surface area contributed by atoms with Crippen molar-refractivity contribution in [3.05, 3.63) is 36.0 Å². The number of halogens is 3. The summed E-state index contributed by atoms with van der Waals surface area (Å²) in [6.45, 7) is 0. The maximum Gasteiger partial charge on any atom is 0.433 e. The fourth-order valence-corrected chi connectivity index (χ4v) is 2.08. The molecule has 21 heavy (non-hydrogen) atoms. The fourth-order valence-electron chi connectivity index (χ4n) is 1.55. The van der Waals surface area contributed by atoms with E-state index in [2.05, 4.69) is 9.97 Å². The lowest BCUT2D eigenvalue weighted by atomic mass is 10.1. The molecule has 1 aromatic heterocycles. The van der Waals surface area contributed by atoms with E-state index in [9.17, 15) is 26.7 Å². The molecular formula is C12H9F3N2O3S. The molecule has 1 heterocycles. The summed E-state index contributed by atoms with van der Waals surface area (Å²) >= 11 is 0. The number of aromatic nitrogens is 2. The van der Waals surface area contributed by atoms with Crippen molar-refractivity contribution < 1.29 is 26.7 Å². The van der Waals surface area contributed by atoms with Gasteiger partial charge in [0.15, 0.2) is 0 Å². The van der Waals surface area contributed by atoms with Gasteiger partial charge in [-0.25, -0.2) is 18.4 Å². The number of benzene rings is 1. The number of phenols is 1. The van der Waals surface area contributed by atoms with Gasteiger partial charge >= 0.3 is 6.18 Å². The van der Waals surface area contributed by atoms with E-state index in [-0.39, 0.29) is 17.0 Å². The summed E-state index contributed by atoms with van der Waals surface area (Å²) in [6.07, 6.45) is -4.09. The van der Waals surface area contributed by atoms with Crippen LogP contribution in [0.15, 0.2) is 35.5 Å². The average Bonchev–Trinajstić information content (AvgIpc) is 2.36. The van der Waals surface area contributed by atoms with Crippen molar-refractivity contribution in [2.75, 3.05) is 6.26 Å². The monoisotopic (exact) mass is 318 g/mol. The largest absolute Gasteiger partial charge is 0.508 e. The summed E-state index contributed by atoms with van der Waals surface area (Å²) < 4.78 is 61.2. The summed E-state index contributed by atoms with van der Waals surface area (Å²) in [4.78, 5) is 6.66. The third-order valence-electron chi connectivity index (χ3n) is 2.47. The van der Waals surface area contributed by atoms with Gasteiger partial charge in [0.1, 0.15) is 11.4 Å². The Kier molecular flexibility index (Phi) is 3.62. The highest BCUT2D eigenvalue weighted by molar-refractivity contribution is 7.90. The number of sulfone groups is 1. The molecule has 0 bridgehead atoms. The van der Waals surface area contributed by atoms with Gasteiger partial charge in [-0.1, -0.05) is 12.1 Å². The Hall–Kier alpha value is -2.16. The highest BCUT2D eigenvalue weighted by Gasteiger charge is 2.34. The zero-order chi connectivity index (χ0) is 15.8. The van der Waals surface area contributed by atoms with Crippen LogP contribution in [-0.2, 0) is 16.0 Å². The van der Waals surface area contributed by atoms with E-state index in [1.165, 1.54) is 24.3 Å². The van der Waals surface area contributed by atoms with Gasteiger partial charge in [-0.2, -0.15) is 13.2 Å². The first-order chi connectivity index (χ1) is 9.57. The van der Waals surface area contributed by atoms with Crippen LogP contribution in [0.25, 0.3) is 11.3 Å². The minimum Gasteiger partial charge on any atom is -0.508 e. The van der Waals surface area contributed by atoms with E-state index in [1.807, 2.05) is 0 Å². The van der Waals surface area contributed by atoms with E-state index in [4.69, 9.17) is 0 Å². The second kappa shape index (κ2) is 4.99. The van der Waals surface area contributed by atoms with E-state index < -0.39 is 26.9 Å². The molecule has 1 aromatic carbocycles. The van der Waals surface area contributed by atoms with Crippen LogP contribution in [0.1, 0.15) is 5.69 Å². The molecule has 0 amide bonds. The molecule has 1 N–H and O–H groups in total. The topological polar surface area (TPSA) is 80.2 Å². The van der Waals surface area contributed by atoms with Crippen molar-refractivity contribution in [1.82, 2.24) is 9.97 Å². The number of hydrogen-bond acceptors (Lipinski definition) is 5. The molecule has 0 aliphatic carbocycles. The lowest BCUT2D eigenvalue weighted by molar-refractivity contribution is -0.141. The van der Waals surface area contributed by atoms with Gasteiger partial charge in [0.25, 0.3) is 0 Å². The Morgan fingerprint density at radius 1 is 1.14 bits per heavy atom. The molecule has 112 valence electrons. The molecule has 2 aromatic rings. The van der Waals surface area contributed by atoms with Gasteiger partial charge in [-0.15, -0.1) is 0 Å². The van der Waals surface area contributed by atoms with Crippen molar-refractivity contribution in [3.8, 4) is 17.0 Å². The zero-order valence-electron chi connectivity index (χ0n) is 10.6. The SMILES string of the molecule is CS(=O)(=O)c1nc(-c2cccc(O)c2)cc(C(F)(F)F)n1. The Balaban J connectivity index is 2.72. The third kappa shape index (κ3) is 3.48. The summed E-state index contributed by atoms with van der Waals surface area (Å²) in [5.74, 6) is -0.180. The molecule has 0 aliphatic heterocycles. The highest BCUT2D eigenvalue weighted by atomic mass is 32.2. The minimum absolute atomic E-state index is 0.146. The molecule has 0 spiro atoms. The highest BCUT2D eigenvalue weighted by Crippen LogP contribution is 2.31. The van der Waals surface area contributed by atoms with Crippen LogP contribution in [0.3, 0.4) is 0 Å². The molecule has 0 unspecified atom stereocenters. The van der Waals surface area contributed by atoms with Gasteiger partial charge in [0.2, 0.25) is 15.0 Å². The Labute approximate surface area is 118 Å². The molecular weight excluding hydrogens is 309 g/mol. The maximum atomic E-state index is 12.8.